The van der Waals surface area contributed by atoms with E-state index in [2.05, 4.69) is 10.6 Å². The first kappa shape index (κ1) is 21.2. The van der Waals surface area contributed by atoms with Gasteiger partial charge in [-0.3, -0.25) is 9.59 Å². The van der Waals surface area contributed by atoms with Crippen molar-refractivity contribution in [3.05, 3.63) is 29.8 Å². The number of aliphatic hydroxyl groups is 3. The molecule has 1 saturated heterocycles. The van der Waals surface area contributed by atoms with Crippen LogP contribution in [0, 0.1) is 0 Å². The van der Waals surface area contributed by atoms with Crippen LogP contribution in [-0.2, 0) is 19.6 Å². The lowest BCUT2D eigenvalue weighted by Gasteiger charge is -2.42. The first-order chi connectivity index (χ1) is 12.5. The molecule has 2 amide bonds. The van der Waals surface area contributed by atoms with E-state index in [0.717, 1.165) is 12.1 Å². The lowest BCUT2D eigenvalue weighted by atomic mass is 9.95. The average Bonchev–Trinajstić information content (AvgIpc) is 2.60. The first-order valence-corrected chi connectivity index (χ1v) is 9.42. The van der Waals surface area contributed by atoms with Gasteiger partial charge in [0.05, 0.1) is 11.5 Å². The molecule has 150 valence electrons. The molecule has 0 radical (unpaired) electrons. The van der Waals surface area contributed by atoms with E-state index in [0.29, 0.717) is 0 Å². The van der Waals surface area contributed by atoms with E-state index in [4.69, 9.17) is 9.88 Å². The highest BCUT2D eigenvalue weighted by Crippen LogP contribution is 2.20. The largest absolute Gasteiger partial charge is 0.394 e. The third kappa shape index (κ3) is 5.00. The van der Waals surface area contributed by atoms with Crippen LogP contribution in [0.1, 0.15) is 17.3 Å². The zero-order valence-corrected chi connectivity index (χ0v) is 15.1. The summed E-state index contributed by atoms with van der Waals surface area (Å²) < 4.78 is 27.8. The molecule has 1 aromatic rings. The van der Waals surface area contributed by atoms with Crippen LogP contribution in [0.3, 0.4) is 0 Å². The molecule has 0 bridgehead atoms. The highest BCUT2D eigenvalue weighted by molar-refractivity contribution is 7.89. The van der Waals surface area contributed by atoms with Crippen molar-refractivity contribution in [3.63, 3.8) is 0 Å². The predicted octanol–water partition coefficient (Wildman–Crippen LogP) is -2.99. The topological polar surface area (TPSA) is 188 Å². The Kier molecular flexibility index (Phi) is 6.51. The average molecular weight is 403 g/mol. The maximum absolute atomic E-state index is 12.4. The molecule has 1 aliphatic rings. The highest BCUT2D eigenvalue weighted by Gasteiger charge is 2.45. The normalized spacial score (nSPS) is 28.4. The molecule has 27 heavy (non-hydrogen) atoms. The number of carbonyl (C=O) groups excluding carboxylic acids is 2. The minimum atomic E-state index is -3.92. The molecule has 0 aromatic heterocycles. The number of rotatable bonds is 5. The van der Waals surface area contributed by atoms with Gasteiger partial charge < -0.3 is 30.7 Å². The monoisotopic (exact) mass is 403 g/mol. The number of amides is 2. The fourth-order valence-corrected chi connectivity index (χ4v) is 3.15. The zero-order chi connectivity index (χ0) is 20.4. The maximum Gasteiger partial charge on any atom is 0.251 e. The van der Waals surface area contributed by atoms with Crippen molar-refractivity contribution >= 4 is 21.8 Å². The van der Waals surface area contributed by atoms with Gasteiger partial charge in [0.2, 0.25) is 15.9 Å². The van der Waals surface area contributed by atoms with Gasteiger partial charge in [0.15, 0.2) is 6.23 Å². The second-order valence-corrected chi connectivity index (χ2v) is 7.59. The summed E-state index contributed by atoms with van der Waals surface area (Å²) in [5.41, 5.74) is 0.0509. The molecule has 1 fully saturated rings. The Morgan fingerprint density at radius 3 is 2.22 bits per heavy atom. The van der Waals surface area contributed by atoms with Crippen molar-refractivity contribution in [1.29, 1.82) is 0 Å². The molecular weight excluding hydrogens is 382 g/mol. The maximum atomic E-state index is 12.4. The molecule has 1 aliphatic heterocycles. The first-order valence-electron chi connectivity index (χ1n) is 7.88. The van der Waals surface area contributed by atoms with Crippen LogP contribution in [0.25, 0.3) is 0 Å². The second-order valence-electron chi connectivity index (χ2n) is 6.03. The number of hydrogen-bond acceptors (Lipinski definition) is 8. The molecule has 2 rings (SSSR count). The van der Waals surface area contributed by atoms with E-state index in [-0.39, 0.29) is 10.5 Å². The number of aliphatic hydroxyl groups excluding tert-OH is 3. The molecule has 7 N–H and O–H groups in total. The molecule has 5 atom stereocenters. The van der Waals surface area contributed by atoms with Crippen molar-refractivity contribution in [2.24, 2.45) is 5.14 Å². The summed E-state index contributed by atoms with van der Waals surface area (Å²) in [6.45, 7) is 0.587. The lowest BCUT2D eigenvalue weighted by Crippen LogP contribution is -2.68. The van der Waals surface area contributed by atoms with Crippen LogP contribution in [0.2, 0.25) is 0 Å². The third-order valence-corrected chi connectivity index (χ3v) is 4.94. The van der Waals surface area contributed by atoms with Gasteiger partial charge in [0, 0.05) is 12.5 Å². The summed E-state index contributed by atoms with van der Waals surface area (Å²) >= 11 is 0. The van der Waals surface area contributed by atoms with Gasteiger partial charge in [-0.15, -0.1) is 0 Å². The fourth-order valence-electron chi connectivity index (χ4n) is 2.63. The quantitative estimate of drug-likeness (QED) is 0.300. The van der Waals surface area contributed by atoms with Crippen molar-refractivity contribution in [2.75, 3.05) is 6.61 Å². The standard InChI is InChI=1S/C15H21N3O8S/c1-7(20)17-15-11(13(22)12(21)10(6-19)26-15)18-14(23)8-2-4-9(5-3-8)27(16,24)25/h2-5,10-13,15,19,21-22H,6H2,1H3,(H,17,20)(H,18,23)(H2,16,24,25)/t10-,11-,12-,13-,15-/m1/s1. The molecule has 11 nitrogen and oxygen atoms in total. The molecule has 1 aromatic carbocycles. The van der Waals surface area contributed by atoms with Crippen LogP contribution in [0.15, 0.2) is 29.2 Å². The molecule has 0 unspecified atom stereocenters. The summed E-state index contributed by atoms with van der Waals surface area (Å²) in [6, 6.07) is 3.48. The van der Waals surface area contributed by atoms with Crippen molar-refractivity contribution < 1.29 is 38.1 Å². The minimum Gasteiger partial charge on any atom is -0.394 e. The van der Waals surface area contributed by atoms with E-state index >= 15 is 0 Å². The Hall–Kier alpha value is -2.09. The Labute approximate surface area is 155 Å². The zero-order valence-electron chi connectivity index (χ0n) is 14.3. The molecule has 12 heteroatoms. The van der Waals surface area contributed by atoms with E-state index in [1.807, 2.05) is 0 Å². The fraction of sp³-hybridized carbons (Fsp3) is 0.467. The number of benzene rings is 1. The van der Waals surface area contributed by atoms with Crippen molar-refractivity contribution in [2.45, 2.75) is 42.4 Å². The van der Waals surface area contributed by atoms with Crippen LogP contribution in [0.5, 0.6) is 0 Å². The van der Waals surface area contributed by atoms with Gasteiger partial charge in [-0.05, 0) is 24.3 Å². The number of nitrogens with two attached hydrogens (primary N) is 1. The number of sulfonamides is 1. The Balaban J connectivity index is 2.20. The summed E-state index contributed by atoms with van der Waals surface area (Å²) in [7, 11) is -3.92. The van der Waals surface area contributed by atoms with Crippen molar-refractivity contribution in [1.82, 2.24) is 10.6 Å². The summed E-state index contributed by atoms with van der Waals surface area (Å²) in [6.07, 6.45) is -5.40. The molecule has 0 aliphatic carbocycles. The Morgan fingerprint density at radius 2 is 1.74 bits per heavy atom. The number of ether oxygens (including phenoxy) is 1. The SMILES string of the molecule is CC(=O)N[C@@H]1O[C@H](CO)[C@@H](O)[C@H](O)[C@H]1NC(=O)c1ccc(S(N)(=O)=O)cc1. The van der Waals surface area contributed by atoms with Crippen LogP contribution >= 0.6 is 0 Å². The van der Waals surface area contributed by atoms with Gasteiger partial charge in [-0.1, -0.05) is 0 Å². The van der Waals surface area contributed by atoms with E-state index in [1.54, 1.807) is 0 Å². The van der Waals surface area contributed by atoms with E-state index < -0.39 is 59.0 Å². The van der Waals surface area contributed by atoms with E-state index in [1.165, 1.54) is 19.1 Å². The summed E-state index contributed by atoms with van der Waals surface area (Å²) in [5, 5.41) is 39.3. The number of primary sulfonamides is 1. The van der Waals surface area contributed by atoms with Gasteiger partial charge in [0.25, 0.3) is 5.91 Å². The molecular formula is C15H21N3O8S. The highest BCUT2D eigenvalue weighted by atomic mass is 32.2. The number of carbonyl (C=O) groups is 2. The molecule has 0 saturated carbocycles. The molecule has 0 spiro atoms. The van der Waals surface area contributed by atoms with Gasteiger partial charge in [-0.2, -0.15) is 0 Å². The number of hydrogen-bond donors (Lipinski definition) is 6. The van der Waals surface area contributed by atoms with E-state index in [9.17, 15) is 33.3 Å². The predicted molar refractivity (Wildman–Crippen MR) is 90.6 cm³/mol. The molecule has 1 heterocycles. The van der Waals surface area contributed by atoms with Gasteiger partial charge in [0.1, 0.15) is 24.4 Å². The number of nitrogens with one attached hydrogen (secondary N) is 2. The lowest BCUT2D eigenvalue weighted by molar-refractivity contribution is -0.200. The minimum absolute atomic E-state index is 0.0509. The van der Waals surface area contributed by atoms with Crippen LogP contribution in [-0.4, -0.2) is 72.7 Å². The van der Waals surface area contributed by atoms with Crippen LogP contribution < -0.4 is 15.8 Å². The second kappa shape index (κ2) is 8.29. The third-order valence-electron chi connectivity index (χ3n) is 4.01. The summed E-state index contributed by atoms with van der Waals surface area (Å²) in [4.78, 5) is 23.6. The van der Waals surface area contributed by atoms with Crippen LogP contribution in [0.4, 0.5) is 0 Å². The van der Waals surface area contributed by atoms with Gasteiger partial charge >= 0.3 is 0 Å². The Morgan fingerprint density at radius 1 is 1.15 bits per heavy atom. The van der Waals surface area contributed by atoms with Gasteiger partial charge in [-0.25, -0.2) is 13.6 Å². The summed E-state index contributed by atoms with van der Waals surface area (Å²) in [5.74, 6) is -1.23. The smallest absolute Gasteiger partial charge is 0.251 e. The van der Waals surface area contributed by atoms with Crippen molar-refractivity contribution in [3.8, 4) is 0 Å². The Bertz CT molecular complexity index is 798.